The predicted octanol–water partition coefficient (Wildman–Crippen LogP) is 3.55. The number of alkyl carbamates (subject to hydrolysis) is 1. The van der Waals surface area contributed by atoms with Gasteiger partial charge in [-0.2, -0.15) is 0 Å². The first kappa shape index (κ1) is 15.2. The third-order valence-corrected chi connectivity index (χ3v) is 2.75. The molecule has 0 radical (unpaired) electrons. The van der Waals surface area contributed by atoms with Crippen LogP contribution in [-0.4, -0.2) is 21.6 Å². The third-order valence-electron chi connectivity index (χ3n) is 2.09. The first-order valence-corrected chi connectivity index (χ1v) is 6.27. The number of rotatable bonds is 3. The first-order valence-electron chi connectivity index (χ1n) is 5.13. The molecule has 0 saturated heterocycles. The summed E-state index contributed by atoms with van der Waals surface area (Å²) in [5, 5.41) is 11.7. The molecule has 4 nitrogen and oxygen atoms in total. The van der Waals surface area contributed by atoms with Crippen molar-refractivity contribution in [2.75, 3.05) is 6.61 Å². The van der Waals surface area contributed by atoms with Crippen LogP contribution in [0.2, 0.25) is 0 Å². The smallest absolute Gasteiger partial charge is 0.407 e. The number of alkyl halides is 3. The van der Waals surface area contributed by atoms with Crippen molar-refractivity contribution in [3.63, 3.8) is 0 Å². The lowest BCUT2D eigenvalue weighted by molar-refractivity contribution is 0.148. The zero-order chi connectivity index (χ0) is 13.8. The van der Waals surface area contributed by atoms with Gasteiger partial charge in [-0.1, -0.05) is 46.9 Å². The zero-order valence-corrected chi connectivity index (χ0v) is 11.8. The summed E-state index contributed by atoms with van der Waals surface area (Å²) in [6.07, 6.45) is -0.679. The van der Waals surface area contributed by atoms with Crippen LogP contribution in [0, 0.1) is 0 Å². The van der Waals surface area contributed by atoms with Gasteiger partial charge in [0.05, 0.1) is 6.61 Å². The minimum absolute atomic E-state index is 0.0814. The molecule has 0 saturated carbocycles. The van der Waals surface area contributed by atoms with Gasteiger partial charge in [0.1, 0.15) is 11.8 Å². The fourth-order valence-corrected chi connectivity index (χ4v) is 1.85. The lowest BCUT2D eigenvalue weighted by Gasteiger charge is -2.25. The predicted molar refractivity (Wildman–Crippen MR) is 71.3 cm³/mol. The topological polar surface area (TPSA) is 58.6 Å². The molecule has 0 heterocycles. The van der Waals surface area contributed by atoms with Crippen LogP contribution in [-0.2, 0) is 4.74 Å². The van der Waals surface area contributed by atoms with Crippen LogP contribution in [0.3, 0.4) is 0 Å². The van der Waals surface area contributed by atoms with E-state index in [0.29, 0.717) is 5.56 Å². The van der Waals surface area contributed by atoms with Crippen molar-refractivity contribution < 1.29 is 14.6 Å². The van der Waals surface area contributed by atoms with Crippen LogP contribution < -0.4 is 5.32 Å². The number of carbonyl (C=O) groups excluding carboxylic acids is 1. The van der Waals surface area contributed by atoms with Gasteiger partial charge in [0.2, 0.25) is 3.79 Å². The number of halogens is 3. The number of phenolic OH excluding ortho intramolecular Hbond substituents is 1. The maximum atomic E-state index is 11.4. The summed E-state index contributed by atoms with van der Waals surface area (Å²) in [5.74, 6) is 0.0814. The Balaban J connectivity index is 2.92. The molecular formula is C11H12Cl3NO3. The highest BCUT2D eigenvalue weighted by atomic mass is 35.6. The lowest BCUT2D eigenvalue weighted by Crippen LogP contribution is -2.36. The molecule has 1 rings (SSSR count). The Morgan fingerprint density at radius 1 is 1.39 bits per heavy atom. The molecule has 0 spiro atoms. The SMILES string of the molecule is CCOC(=O)NC(c1ccc(O)cc1)C(Cl)(Cl)Cl. The Hall–Kier alpha value is -0.840. The lowest BCUT2D eigenvalue weighted by atomic mass is 10.1. The molecule has 0 aliphatic carbocycles. The largest absolute Gasteiger partial charge is 0.508 e. The second-order valence-corrected chi connectivity index (χ2v) is 5.80. The van der Waals surface area contributed by atoms with Crippen LogP contribution in [0.4, 0.5) is 4.79 Å². The van der Waals surface area contributed by atoms with Crippen LogP contribution >= 0.6 is 34.8 Å². The molecule has 1 aromatic carbocycles. The maximum Gasteiger partial charge on any atom is 0.407 e. The fourth-order valence-electron chi connectivity index (χ4n) is 1.31. The van der Waals surface area contributed by atoms with Crippen molar-refractivity contribution in [2.24, 2.45) is 0 Å². The number of hydrogen-bond donors (Lipinski definition) is 2. The van der Waals surface area contributed by atoms with E-state index in [2.05, 4.69) is 5.32 Å². The highest BCUT2D eigenvalue weighted by molar-refractivity contribution is 6.68. The molecule has 1 unspecified atom stereocenters. The summed E-state index contributed by atoms with van der Waals surface area (Å²) in [5.41, 5.74) is 0.542. The van der Waals surface area contributed by atoms with Crippen LogP contribution in [0.1, 0.15) is 18.5 Å². The molecular weight excluding hydrogens is 300 g/mol. The van der Waals surface area contributed by atoms with E-state index < -0.39 is 15.9 Å². The summed E-state index contributed by atoms with van der Waals surface area (Å²) in [6, 6.07) is 5.10. The van der Waals surface area contributed by atoms with Gasteiger partial charge < -0.3 is 15.2 Å². The van der Waals surface area contributed by atoms with Crippen molar-refractivity contribution in [3.05, 3.63) is 29.8 Å². The van der Waals surface area contributed by atoms with Crippen molar-refractivity contribution >= 4 is 40.9 Å². The second kappa shape index (κ2) is 6.36. The number of carbonyl (C=O) groups is 1. The molecule has 0 aromatic heterocycles. The number of amides is 1. The molecule has 1 atom stereocenters. The van der Waals surface area contributed by atoms with Crippen LogP contribution in [0.15, 0.2) is 24.3 Å². The van der Waals surface area contributed by atoms with Crippen LogP contribution in [0.25, 0.3) is 0 Å². The van der Waals surface area contributed by atoms with E-state index in [1.54, 1.807) is 19.1 Å². The Morgan fingerprint density at radius 2 is 1.94 bits per heavy atom. The van der Waals surface area contributed by atoms with Crippen molar-refractivity contribution in [3.8, 4) is 5.75 Å². The third kappa shape index (κ3) is 4.44. The standard InChI is InChI=1S/C11H12Cl3NO3/c1-2-18-10(17)15-9(11(12,13)14)7-3-5-8(16)6-4-7/h3-6,9,16H,2H2,1H3,(H,15,17). The number of ether oxygens (including phenoxy) is 1. The molecule has 0 aliphatic rings. The molecule has 2 N–H and O–H groups in total. The quantitative estimate of drug-likeness (QED) is 0.839. The number of aromatic hydroxyl groups is 1. The molecule has 7 heteroatoms. The van der Waals surface area contributed by atoms with E-state index in [0.717, 1.165) is 0 Å². The van der Waals surface area contributed by atoms with Gasteiger partial charge in [-0.05, 0) is 24.6 Å². The van der Waals surface area contributed by atoms with E-state index in [4.69, 9.17) is 39.5 Å². The molecule has 0 aliphatic heterocycles. The number of phenols is 1. The average molecular weight is 313 g/mol. The van der Waals surface area contributed by atoms with Gasteiger partial charge in [0, 0.05) is 0 Å². The summed E-state index contributed by atoms with van der Waals surface area (Å²) >= 11 is 17.4. The summed E-state index contributed by atoms with van der Waals surface area (Å²) < 4.78 is 3.00. The van der Waals surface area contributed by atoms with E-state index >= 15 is 0 Å². The number of benzene rings is 1. The van der Waals surface area contributed by atoms with Gasteiger partial charge in [0.25, 0.3) is 0 Å². The zero-order valence-electron chi connectivity index (χ0n) is 9.49. The van der Waals surface area contributed by atoms with E-state index in [-0.39, 0.29) is 12.4 Å². The van der Waals surface area contributed by atoms with Crippen molar-refractivity contribution in [1.29, 1.82) is 0 Å². The Labute approximate surface area is 120 Å². The molecule has 0 bridgehead atoms. The minimum atomic E-state index is -1.73. The fraction of sp³-hybridized carbons (Fsp3) is 0.364. The molecule has 1 amide bonds. The highest BCUT2D eigenvalue weighted by Crippen LogP contribution is 2.40. The van der Waals surface area contributed by atoms with Crippen LogP contribution in [0.5, 0.6) is 5.75 Å². The summed E-state index contributed by atoms with van der Waals surface area (Å²) in [6.45, 7) is 1.89. The summed E-state index contributed by atoms with van der Waals surface area (Å²) in [7, 11) is 0. The Kier molecular flexibility index (Phi) is 5.38. The molecule has 0 fully saturated rings. The maximum absolute atomic E-state index is 11.4. The summed E-state index contributed by atoms with van der Waals surface area (Å²) in [4.78, 5) is 11.4. The molecule has 100 valence electrons. The Bertz CT molecular complexity index is 403. The van der Waals surface area contributed by atoms with Crippen molar-refractivity contribution in [1.82, 2.24) is 5.32 Å². The second-order valence-electron chi connectivity index (χ2n) is 3.43. The van der Waals surface area contributed by atoms with Crippen molar-refractivity contribution in [2.45, 2.75) is 16.8 Å². The van der Waals surface area contributed by atoms with Gasteiger partial charge in [0.15, 0.2) is 0 Å². The van der Waals surface area contributed by atoms with E-state index in [9.17, 15) is 9.90 Å². The average Bonchev–Trinajstić information content (AvgIpc) is 2.26. The Morgan fingerprint density at radius 3 is 2.39 bits per heavy atom. The number of nitrogens with one attached hydrogen (secondary N) is 1. The molecule has 1 aromatic rings. The van der Waals surface area contributed by atoms with E-state index in [1.165, 1.54) is 12.1 Å². The van der Waals surface area contributed by atoms with Gasteiger partial charge in [-0.15, -0.1) is 0 Å². The first-order chi connectivity index (χ1) is 8.34. The minimum Gasteiger partial charge on any atom is -0.508 e. The van der Waals surface area contributed by atoms with E-state index in [1.807, 2.05) is 0 Å². The highest BCUT2D eigenvalue weighted by Gasteiger charge is 2.35. The van der Waals surface area contributed by atoms with Gasteiger partial charge in [-0.3, -0.25) is 0 Å². The van der Waals surface area contributed by atoms with Gasteiger partial charge in [-0.25, -0.2) is 4.79 Å². The number of hydrogen-bond acceptors (Lipinski definition) is 3. The van der Waals surface area contributed by atoms with Gasteiger partial charge >= 0.3 is 6.09 Å². The monoisotopic (exact) mass is 311 g/mol. The normalized spacial score (nSPS) is 12.9. The molecule has 18 heavy (non-hydrogen) atoms.